The van der Waals surface area contributed by atoms with E-state index in [9.17, 15) is 13.2 Å². The van der Waals surface area contributed by atoms with Gasteiger partial charge in [0.05, 0.1) is 0 Å². The Labute approximate surface area is 177 Å². The Hall–Kier alpha value is -3.07. The number of carboxylic acid groups (broad SMARTS) is 1. The molecule has 2 atom stereocenters. The van der Waals surface area contributed by atoms with Gasteiger partial charge in [-0.15, -0.1) is 0 Å². The highest BCUT2D eigenvalue weighted by Crippen LogP contribution is 2.34. The van der Waals surface area contributed by atoms with Crippen LogP contribution in [0.1, 0.15) is 0 Å². The molecule has 5 rings (SSSR count). The van der Waals surface area contributed by atoms with E-state index in [0.29, 0.717) is 0 Å². The summed E-state index contributed by atoms with van der Waals surface area (Å²) in [6.45, 7) is 4.76. The van der Waals surface area contributed by atoms with E-state index in [2.05, 4.69) is 58.2 Å². The average molecular weight is 432 g/mol. The van der Waals surface area contributed by atoms with E-state index in [1.54, 1.807) is 0 Å². The quantitative estimate of drug-likeness (QED) is 0.644. The summed E-state index contributed by atoms with van der Waals surface area (Å²) in [7, 11) is 2.23. The number of nitrogens with zero attached hydrogens (tertiary/aromatic N) is 3. The average Bonchev–Trinajstić information content (AvgIpc) is 3.42. The summed E-state index contributed by atoms with van der Waals surface area (Å²) < 4.78 is 31.7. The lowest BCUT2D eigenvalue weighted by Crippen LogP contribution is -2.27. The Kier molecular flexibility index (Phi) is 5.62. The lowest BCUT2D eigenvalue weighted by atomic mass is 10.0. The van der Waals surface area contributed by atoms with Gasteiger partial charge in [0.2, 0.25) is 0 Å². The van der Waals surface area contributed by atoms with Crippen molar-refractivity contribution in [3.8, 4) is 11.1 Å². The first-order valence-corrected chi connectivity index (χ1v) is 9.98. The van der Waals surface area contributed by atoms with Crippen LogP contribution in [0.2, 0.25) is 0 Å². The zero-order valence-corrected chi connectivity index (χ0v) is 16.9. The van der Waals surface area contributed by atoms with Crippen LogP contribution >= 0.6 is 0 Å². The number of fused-ring (bicyclic) bond motifs is 2. The van der Waals surface area contributed by atoms with E-state index < -0.39 is 12.1 Å². The zero-order chi connectivity index (χ0) is 22.2. The van der Waals surface area contributed by atoms with Gasteiger partial charge in [-0.3, -0.25) is 0 Å². The molecule has 2 aliphatic rings. The molecule has 0 spiro atoms. The molecule has 0 bridgehead atoms. The van der Waals surface area contributed by atoms with Gasteiger partial charge < -0.3 is 19.9 Å². The number of hydrogen-bond donors (Lipinski definition) is 2. The third kappa shape index (κ3) is 4.51. The number of likely N-dealkylation sites (tertiary alicyclic amines) is 1. The van der Waals surface area contributed by atoms with Gasteiger partial charge in [0, 0.05) is 55.0 Å². The molecule has 9 heteroatoms. The molecule has 2 N–H and O–H groups in total. The van der Waals surface area contributed by atoms with E-state index in [1.165, 1.54) is 35.1 Å². The van der Waals surface area contributed by atoms with Crippen molar-refractivity contribution in [1.29, 1.82) is 0 Å². The number of halogens is 3. The Bertz CT molecular complexity index is 1050. The molecule has 0 radical (unpaired) electrons. The van der Waals surface area contributed by atoms with Crippen molar-refractivity contribution in [3.05, 3.63) is 48.8 Å². The first-order valence-electron chi connectivity index (χ1n) is 9.98. The number of rotatable bonds is 2. The molecule has 1 aromatic carbocycles. The van der Waals surface area contributed by atoms with Crippen LogP contribution in [0.3, 0.4) is 0 Å². The Morgan fingerprint density at radius 2 is 1.77 bits per heavy atom. The maximum atomic E-state index is 10.6. The first-order chi connectivity index (χ1) is 14.7. The molecule has 6 nitrogen and oxygen atoms in total. The molecular weight excluding hydrogens is 409 g/mol. The van der Waals surface area contributed by atoms with Crippen LogP contribution in [0, 0.1) is 11.8 Å². The monoisotopic (exact) mass is 432 g/mol. The first kappa shape index (κ1) is 21.2. The van der Waals surface area contributed by atoms with Crippen LogP contribution in [-0.4, -0.2) is 65.3 Å². The largest absolute Gasteiger partial charge is 0.490 e. The lowest BCUT2D eigenvalue weighted by Gasteiger charge is -2.20. The van der Waals surface area contributed by atoms with Crippen molar-refractivity contribution in [1.82, 2.24) is 14.9 Å². The van der Waals surface area contributed by atoms with E-state index in [4.69, 9.17) is 14.9 Å². The van der Waals surface area contributed by atoms with Gasteiger partial charge in [0.1, 0.15) is 5.82 Å². The number of anilines is 1. The number of benzene rings is 1. The lowest BCUT2D eigenvalue weighted by molar-refractivity contribution is -0.192. The van der Waals surface area contributed by atoms with Gasteiger partial charge >= 0.3 is 12.1 Å². The summed E-state index contributed by atoms with van der Waals surface area (Å²) in [6, 6.07) is 12.9. The van der Waals surface area contributed by atoms with Gasteiger partial charge in [-0.25, -0.2) is 9.78 Å². The second kappa shape index (κ2) is 8.22. The fraction of sp³-hybridized carbons (Fsp3) is 0.364. The number of nitrogens with one attached hydrogen (secondary N) is 1. The zero-order valence-electron chi connectivity index (χ0n) is 16.9. The molecule has 2 fully saturated rings. The van der Waals surface area contributed by atoms with Crippen LogP contribution in [0.5, 0.6) is 0 Å². The standard InChI is InChI=1S/C20H22N4.C2HF3O2/c1-23-10-15-12-24(13-16(15)11-23)20-6-5-14(9-22-20)17-3-2-4-19-18(17)7-8-21-19;3-2(4,5)1(6)7/h2-9,15-16,21H,10-13H2,1H3;(H,6,7). The summed E-state index contributed by atoms with van der Waals surface area (Å²) >= 11 is 0. The summed E-state index contributed by atoms with van der Waals surface area (Å²) in [4.78, 5) is 21.9. The third-order valence-corrected chi connectivity index (χ3v) is 5.89. The summed E-state index contributed by atoms with van der Waals surface area (Å²) in [6.07, 6.45) is -1.06. The number of carboxylic acids is 1. The van der Waals surface area contributed by atoms with Crippen molar-refractivity contribution >= 4 is 22.7 Å². The minimum absolute atomic E-state index is 0.810. The van der Waals surface area contributed by atoms with Crippen molar-refractivity contribution in [3.63, 3.8) is 0 Å². The number of aliphatic carboxylic acids is 1. The number of aromatic nitrogens is 2. The second-order valence-corrected chi connectivity index (χ2v) is 8.10. The van der Waals surface area contributed by atoms with Crippen LogP contribution < -0.4 is 4.90 Å². The third-order valence-electron chi connectivity index (χ3n) is 5.89. The molecule has 2 aromatic heterocycles. The molecular formula is C22H23F3N4O2. The van der Waals surface area contributed by atoms with Crippen molar-refractivity contribution in [2.45, 2.75) is 6.18 Å². The topological polar surface area (TPSA) is 72.5 Å². The fourth-order valence-corrected chi connectivity index (χ4v) is 4.48. The maximum absolute atomic E-state index is 10.6. The number of pyridine rings is 1. The molecule has 2 unspecified atom stereocenters. The molecule has 164 valence electrons. The van der Waals surface area contributed by atoms with Gasteiger partial charge in [-0.2, -0.15) is 13.2 Å². The van der Waals surface area contributed by atoms with Crippen molar-refractivity contribution in [2.75, 3.05) is 38.1 Å². The molecule has 2 saturated heterocycles. The highest BCUT2D eigenvalue weighted by molar-refractivity contribution is 5.94. The van der Waals surface area contributed by atoms with Gasteiger partial charge in [0.15, 0.2) is 0 Å². The molecule has 4 heterocycles. The molecule has 0 saturated carbocycles. The predicted molar refractivity (Wildman–Crippen MR) is 112 cm³/mol. The number of hydrogen-bond acceptors (Lipinski definition) is 4. The Morgan fingerprint density at radius 3 is 2.35 bits per heavy atom. The van der Waals surface area contributed by atoms with Gasteiger partial charge in [-0.05, 0) is 48.7 Å². The van der Waals surface area contributed by atoms with Gasteiger partial charge in [-0.1, -0.05) is 12.1 Å². The SMILES string of the molecule is CN1CC2CN(c3ccc(-c4cccc5[nH]ccc45)cn3)CC2C1.O=C(O)C(F)(F)F. The molecule has 3 aromatic rings. The smallest absolute Gasteiger partial charge is 0.475 e. The Balaban J connectivity index is 0.000000289. The Morgan fingerprint density at radius 1 is 1.10 bits per heavy atom. The number of alkyl halides is 3. The second-order valence-electron chi connectivity index (χ2n) is 8.10. The fourth-order valence-electron chi connectivity index (χ4n) is 4.48. The van der Waals surface area contributed by atoms with Gasteiger partial charge in [0.25, 0.3) is 0 Å². The molecule has 0 amide bonds. The summed E-state index contributed by atoms with van der Waals surface area (Å²) in [5.74, 6) is -0.0142. The summed E-state index contributed by atoms with van der Waals surface area (Å²) in [5, 5.41) is 8.38. The highest BCUT2D eigenvalue weighted by atomic mass is 19.4. The minimum atomic E-state index is -5.08. The van der Waals surface area contributed by atoms with E-state index >= 15 is 0 Å². The molecule has 2 aliphatic heterocycles. The van der Waals surface area contributed by atoms with E-state index in [0.717, 1.165) is 30.7 Å². The van der Waals surface area contributed by atoms with Crippen LogP contribution in [-0.2, 0) is 4.79 Å². The summed E-state index contributed by atoms with van der Waals surface area (Å²) in [5.41, 5.74) is 3.60. The molecule has 0 aliphatic carbocycles. The number of aromatic amines is 1. The number of carbonyl (C=O) groups is 1. The van der Waals surface area contributed by atoms with Crippen LogP contribution in [0.4, 0.5) is 19.0 Å². The van der Waals surface area contributed by atoms with Crippen molar-refractivity contribution < 1.29 is 23.1 Å². The predicted octanol–water partition coefficient (Wildman–Crippen LogP) is 3.86. The molecule has 31 heavy (non-hydrogen) atoms. The van der Waals surface area contributed by atoms with Crippen LogP contribution in [0.15, 0.2) is 48.8 Å². The van der Waals surface area contributed by atoms with E-state index in [1.807, 2.05) is 12.4 Å². The minimum Gasteiger partial charge on any atom is -0.475 e. The highest BCUT2D eigenvalue weighted by Gasteiger charge is 2.39. The van der Waals surface area contributed by atoms with Crippen molar-refractivity contribution in [2.24, 2.45) is 11.8 Å². The number of H-pyrrole nitrogens is 1. The normalized spacial score (nSPS) is 21.1. The van der Waals surface area contributed by atoms with E-state index in [-0.39, 0.29) is 0 Å². The van der Waals surface area contributed by atoms with Crippen LogP contribution in [0.25, 0.3) is 22.0 Å². The maximum Gasteiger partial charge on any atom is 0.490 e.